The summed E-state index contributed by atoms with van der Waals surface area (Å²) >= 11 is 0. The predicted octanol–water partition coefficient (Wildman–Crippen LogP) is 4.13. The number of aromatic nitrogens is 2. The Kier molecular flexibility index (Phi) is 3.56. The molecule has 5 heteroatoms. The average molecular weight is 316 g/mol. The Bertz CT molecular complexity index is 672. The van der Waals surface area contributed by atoms with Crippen molar-refractivity contribution in [2.45, 2.75) is 64.9 Å². The minimum atomic E-state index is 0.0551. The van der Waals surface area contributed by atoms with Crippen LogP contribution in [0.4, 0.5) is 0 Å². The number of hydrogen-bond donors (Lipinski definition) is 0. The van der Waals surface area contributed by atoms with Gasteiger partial charge in [-0.15, -0.1) is 10.2 Å². The summed E-state index contributed by atoms with van der Waals surface area (Å²) in [6.07, 6.45) is 5.56. The Morgan fingerprint density at radius 1 is 1.09 bits per heavy atom. The smallest absolute Gasteiger partial charge is 0.283 e. The van der Waals surface area contributed by atoms with Crippen molar-refractivity contribution in [1.29, 1.82) is 0 Å². The molecule has 0 aromatic carbocycles. The summed E-state index contributed by atoms with van der Waals surface area (Å²) in [6, 6.07) is 2.07. The largest absolute Gasteiger partial charge is 0.456 e. The molecule has 1 aliphatic carbocycles. The van der Waals surface area contributed by atoms with Crippen molar-refractivity contribution in [3.05, 3.63) is 23.3 Å². The zero-order valence-corrected chi connectivity index (χ0v) is 14.1. The second-order valence-corrected chi connectivity index (χ2v) is 7.76. The summed E-state index contributed by atoms with van der Waals surface area (Å²) in [4.78, 5) is 0. The molecule has 3 heterocycles. The Morgan fingerprint density at radius 2 is 1.91 bits per heavy atom. The van der Waals surface area contributed by atoms with Crippen LogP contribution in [0.1, 0.15) is 63.2 Å². The van der Waals surface area contributed by atoms with E-state index in [1.807, 2.05) is 0 Å². The molecule has 1 fully saturated rings. The van der Waals surface area contributed by atoms with Crippen LogP contribution in [0.2, 0.25) is 0 Å². The van der Waals surface area contributed by atoms with Crippen LogP contribution < -0.4 is 0 Å². The zero-order chi connectivity index (χ0) is 16.0. The van der Waals surface area contributed by atoms with E-state index < -0.39 is 0 Å². The molecule has 0 bridgehead atoms. The SMILES string of the molecule is CC(C)(C)[C@@H]1OCC[C@H]1c1nnc(-c2cc3c(o2)CCCC3)o1. The first-order valence-corrected chi connectivity index (χ1v) is 8.59. The molecule has 0 amide bonds. The molecule has 1 saturated heterocycles. The molecule has 0 unspecified atom stereocenters. The highest BCUT2D eigenvalue weighted by Crippen LogP contribution is 2.41. The first-order valence-electron chi connectivity index (χ1n) is 8.59. The summed E-state index contributed by atoms with van der Waals surface area (Å²) in [7, 11) is 0. The van der Waals surface area contributed by atoms with Crippen molar-refractivity contribution in [2.75, 3.05) is 6.61 Å². The van der Waals surface area contributed by atoms with Crippen LogP contribution in [0.15, 0.2) is 14.9 Å². The van der Waals surface area contributed by atoms with Gasteiger partial charge in [0.15, 0.2) is 5.76 Å². The Balaban J connectivity index is 1.60. The molecule has 2 aromatic rings. The van der Waals surface area contributed by atoms with E-state index in [9.17, 15) is 0 Å². The summed E-state index contributed by atoms with van der Waals surface area (Å²) in [5.74, 6) is 3.13. The number of rotatable bonds is 2. The van der Waals surface area contributed by atoms with Gasteiger partial charge in [-0.3, -0.25) is 0 Å². The molecule has 0 N–H and O–H groups in total. The summed E-state index contributed by atoms with van der Waals surface area (Å²) in [6.45, 7) is 7.31. The highest BCUT2D eigenvalue weighted by Gasteiger charge is 2.41. The summed E-state index contributed by atoms with van der Waals surface area (Å²) in [5, 5.41) is 8.51. The van der Waals surface area contributed by atoms with Crippen molar-refractivity contribution in [3.8, 4) is 11.7 Å². The zero-order valence-electron chi connectivity index (χ0n) is 14.1. The second-order valence-electron chi connectivity index (χ2n) is 7.76. The van der Waals surface area contributed by atoms with Crippen LogP contribution >= 0.6 is 0 Å². The molecular formula is C18H24N2O3. The van der Waals surface area contributed by atoms with Crippen LogP contribution in [0.3, 0.4) is 0 Å². The quantitative estimate of drug-likeness (QED) is 0.833. The maximum atomic E-state index is 5.96. The third-order valence-corrected chi connectivity index (χ3v) is 4.91. The maximum absolute atomic E-state index is 5.96. The lowest BCUT2D eigenvalue weighted by molar-refractivity contribution is 0.0172. The van der Waals surface area contributed by atoms with Crippen LogP contribution in [-0.2, 0) is 17.6 Å². The van der Waals surface area contributed by atoms with Gasteiger partial charge in [0.25, 0.3) is 5.89 Å². The molecule has 2 aromatic heterocycles. The fourth-order valence-electron chi connectivity index (χ4n) is 3.78. The van der Waals surface area contributed by atoms with Gasteiger partial charge < -0.3 is 13.6 Å². The number of fused-ring (bicyclic) bond motifs is 1. The summed E-state index contributed by atoms with van der Waals surface area (Å²) < 4.78 is 17.8. The van der Waals surface area contributed by atoms with Gasteiger partial charge in [0.1, 0.15) is 5.76 Å². The van der Waals surface area contributed by atoms with Crippen molar-refractivity contribution in [3.63, 3.8) is 0 Å². The van der Waals surface area contributed by atoms with Gasteiger partial charge in [-0.1, -0.05) is 20.8 Å². The first kappa shape index (κ1) is 14.9. The molecule has 4 rings (SSSR count). The maximum Gasteiger partial charge on any atom is 0.283 e. The van der Waals surface area contributed by atoms with Crippen LogP contribution in [0.5, 0.6) is 0 Å². The van der Waals surface area contributed by atoms with Crippen LogP contribution in [0, 0.1) is 5.41 Å². The van der Waals surface area contributed by atoms with Gasteiger partial charge in [0.05, 0.1) is 12.0 Å². The highest BCUT2D eigenvalue weighted by molar-refractivity contribution is 5.47. The molecule has 0 saturated carbocycles. The molecule has 0 radical (unpaired) electrons. The highest BCUT2D eigenvalue weighted by atomic mass is 16.5. The van der Waals surface area contributed by atoms with Gasteiger partial charge in [0.2, 0.25) is 5.89 Å². The minimum Gasteiger partial charge on any atom is -0.456 e. The predicted molar refractivity (Wildman–Crippen MR) is 85.2 cm³/mol. The van der Waals surface area contributed by atoms with Crippen LogP contribution in [-0.4, -0.2) is 22.9 Å². The Labute approximate surface area is 136 Å². The van der Waals surface area contributed by atoms with Crippen molar-refractivity contribution in [1.82, 2.24) is 10.2 Å². The summed E-state index contributed by atoms with van der Waals surface area (Å²) in [5.41, 5.74) is 1.35. The fourth-order valence-corrected chi connectivity index (χ4v) is 3.78. The van der Waals surface area contributed by atoms with Gasteiger partial charge in [-0.25, -0.2) is 0 Å². The first-order chi connectivity index (χ1) is 11.0. The number of aryl methyl sites for hydroxylation is 2. The average Bonchev–Trinajstić information content (AvgIpc) is 3.23. The number of nitrogens with zero attached hydrogens (tertiary/aromatic N) is 2. The molecular weight excluding hydrogens is 292 g/mol. The lowest BCUT2D eigenvalue weighted by Gasteiger charge is -2.29. The molecule has 5 nitrogen and oxygen atoms in total. The monoisotopic (exact) mass is 316 g/mol. The van der Waals surface area contributed by atoms with E-state index in [0.29, 0.717) is 17.5 Å². The number of furan rings is 1. The molecule has 124 valence electrons. The van der Waals surface area contributed by atoms with Gasteiger partial charge in [0, 0.05) is 13.0 Å². The molecule has 2 aliphatic rings. The normalized spacial score (nSPS) is 24.8. The fraction of sp³-hybridized carbons (Fsp3) is 0.667. The lowest BCUT2D eigenvalue weighted by atomic mass is 9.81. The Morgan fingerprint density at radius 3 is 2.70 bits per heavy atom. The molecule has 23 heavy (non-hydrogen) atoms. The third-order valence-electron chi connectivity index (χ3n) is 4.91. The van der Waals surface area contributed by atoms with Gasteiger partial charge in [-0.05, 0) is 42.7 Å². The molecule has 0 spiro atoms. The number of ether oxygens (including phenoxy) is 1. The number of hydrogen-bond acceptors (Lipinski definition) is 5. The minimum absolute atomic E-state index is 0.0551. The Hall–Kier alpha value is -1.62. The molecule has 1 aliphatic heterocycles. The van der Waals surface area contributed by atoms with E-state index in [2.05, 4.69) is 37.0 Å². The topological polar surface area (TPSA) is 61.3 Å². The van der Waals surface area contributed by atoms with E-state index in [4.69, 9.17) is 13.6 Å². The van der Waals surface area contributed by atoms with E-state index >= 15 is 0 Å². The van der Waals surface area contributed by atoms with E-state index in [1.165, 1.54) is 18.4 Å². The van der Waals surface area contributed by atoms with Crippen molar-refractivity contribution >= 4 is 0 Å². The van der Waals surface area contributed by atoms with Crippen molar-refractivity contribution in [2.24, 2.45) is 5.41 Å². The van der Waals surface area contributed by atoms with E-state index in [1.54, 1.807) is 0 Å². The van der Waals surface area contributed by atoms with E-state index in [0.717, 1.165) is 31.6 Å². The van der Waals surface area contributed by atoms with Gasteiger partial charge in [-0.2, -0.15) is 0 Å². The van der Waals surface area contributed by atoms with E-state index in [-0.39, 0.29) is 17.4 Å². The third kappa shape index (κ3) is 2.71. The van der Waals surface area contributed by atoms with Crippen LogP contribution in [0.25, 0.3) is 11.7 Å². The molecule has 2 atom stereocenters. The lowest BCUT2D eigenvalue weighted by Crippen LogP contribution is -2.30. The van der Waals surface area contributed by atoms with Crippen molar-refractivity contribution < 1.29 is 13.6 Å². The second kappa shape index (κ2) is 5.48. The van der Waals surface area contributed by atoms with Gasteiger partial charge >= 0.3 is 0 Å². The standard InChI is InChI=1S/C18H24N2O3/c1-18(2,3)15-12(8-9-21-15)16-19-20-17(23-16)14-10-11-6-4-5-7-13(11)22-14/h10,12,15H,4-9H2,1-3H3/t12-,15-/m1/s1.